The van der Waals surface area contributed by atoms with Crippen LogP contribution < -0.4 is 0 Å². The highest BCUT2D eigenvalue weighted by Crippen LogP contribution is 2.04. The first-order valence-electron chi connectivity index (χ1n) is 4.21. The summed E-state index contributed by atoms with van der Waals surface area (Å²) < 4.78 is 0. The highest BCUT2D eigenvalue weighted by atomic mass is 16.2. The van der Waals surface area contributed by atoms with Crippen LogP contribution in [0.5, 0.6) is 0 Å². The molecule has 0 saturated heterocycles. The molecule has 1 heteroatoms. The molecule has 1 nitrogen and oxygen atoms in total. The Bertz CT molecular complexity index is 76.8. The SMILES string of the molecule is CCCCCCCC=CO. The number of hydrogen-bond acceptors (Lipinski definition) is 1. The molecule has 0 amide bonds. The number of aliphatic hydroxyl groups is 1. The molecule has 0 aliphatic carbocycles. The van der Waals surface area contributed by atoms with Crippen LogP contribution in [0.1, 0.15) is 45.4 Å². The topological polar surface area (TPSA) is 20.2 Å². The van der Waals surface area contributed by atoms with Crippen LogP contribution in [0.2, 0.25) is 0 Å². The molecule has 10 heavy (non-hydrogen) atoms. The van der Waals surface area contributed by atoms with Gasteiger partial charge in [0.1, 0.15) is 0 Å². The molecule has 0 saturated carbocycles. The Hall–Kier alpha value is -0.460. The van der Waals surface area contributed by atoms with Gasteiger partial charge in [-0.3, -0.25) is 0 Å². The van der Waals surface area contributed by atoms with Crippen LogP contribution >= 0.6 is 0 Å². The van der Waals surface area contributed by atoms with Gasteiger partial charge in [-0.2, -0.15) is 0 Å². The molecule has 0 aliphatic heterocycles. The van der Waals surface area contributed by atoms with E-state index in [-0.39, 0.29) is 0 Å². The fraction of sp³-hybridized carbons (Fsp3) is 0.778. The average Bonchev–Trinajstić information content (AvgIpc) is 1.97. The van der Waals surface area contributed by atoms with Gasteiger partial charge in [0.05, 0.1) is 6.26 Å². The Morgan fingerprint density at radius 3 is 2.40 bits per heavy atom. The number of rotatable bonds is 6. The minimum absolute atomic E-state index is 1.03. The molecule has 0 aliphatic rings. The first kappa shape index (κ1) is 9.54. The van der Waals surface area contributed by atoms with Crippen molar-refractivity contribution in [1.29, 1.82) is 0 Å². The third-order valence-corrected chi connectivity index (χ3v) is 1.58. The molecule has 0 bridgehead atoms. The first-order chi connectivity index (χ1) is 4.91. The highest BCUT2D eigenvalue weighted by Gasteiger charge is 1.85. The van der Waals surface area contributed by atoms with Crippen LogP contribution in [-0.2, 0) is 0 Å². The summed E-state index contributed by atoms with van der Waals surface area (Å²) in [5.41, 5.74) is 0. The molecule has 0 aromatic carbocycles. The van der Waals surface area contributed by atoms with Crippen molar-refractivity contribution < 1.29 is 5.11 Å². The van der Waals surface area contributed by atoms with E-state index in [2.05, 4.69) is 6.92 Å². The lowest BCUT2D eigenvalue weighted by atomic mass is 10.1. The van der Waals surface area contributed by atoms with Gasteiger partial charge in [0.15, 0.2) is 0 Å². The van der Waals surface area contributed by atoms with Gasteiger partial charge in [-0.05, 0) is 12.8 Å². The quantitative estimate of drug-likeness (QED) is 0.445. The Morgan fingerprint density at radius 2 is 1.80 bits per heavy atom. The summed E-state index contributed by atoms with van der Waals surface area (Å²) in [6.45, 7) is 2.22. The van der Waals surface area contributed by atoms with E-state index in [1.165, 1.54) is 32.1 Å². The summed E-state index contributed by atoms with van der Waals surface area (Å²) in [4.78, 5) is 0. The second-order valence-electron chi connectivity index (χ2n) is 2.59. The van der Waals surface area contributed by atoms with Gasteiger partial charge in [-0.25, -0.2) is 0 Å². The number of aliphatic hydroxyl groups excluding tert-OH is 1. The minimum Gasteiger partial charge on any atom is -0.516 e. The van der Waals surface area contributed by atoms with E-state index in [4.69, 9.17) is 5.11 Å². The first-order valence-corrected chi connectivity index (χ1v) is 4.21. The zero-order valence-corrected chi connectivity index (χ0v) is 6.84. The van der Waals surface area contributed by atoms with Crippen LogP contribution in [0.25, 0.3) is 0 Å². The van der Waals surface area contributed by atoms with Crippen molar-refractivity contribution in [3.05, 3.63) is 12.3 Å². The van der Waals surface area contributed by atoms with Gasteiger partial charge in [0, 0.05) is 0 Å². The summed E-state index contributed by atoms with van der Waals surface area (Å²) in [7, 11) is 0. The molecule has 60 valence electrons. The molecule has 1 N–H and O–H groups in total. The number of allylic oxidation sites excluding steroid dienone is 1. The molecular formula is C9H18O. The van der Waals surface area contributed by atoms with Crippen molar-refractivity contribution in [2.75, 3.05) is 0 Å². The van der Waals surface area contributed by atoms with Crippen molar-refractivity contribution in [2.24, 2.45) is 0 Å². The summed E-state index contributed by atoms with van der Waals surface area (Å²) >= 11 is 0. The standard InChI is InChI=1S/C9H18O/c1-2-3-4-5-6-7-8-9-10/h8-10H,2-7H2,1H3. The predicted octanol–water partition coefficient (Wildman–Crippen LogP) is 3.42. The van der Waals surface area contributed by atoms with Crippen LogP contribution in [0, 0.1) is 0 Å². The summed E-state index contributed by atoms with van der Waals surface area (Å²) in [5, 5.41) is 8.29. The van der Waals surface area contributed by atoms with Gasteiger partial charge < -0.3 is 5.11 Å². The second-order valence-corrected chi connectivity index (χ2v) is 2.59. The van der Waals surface area contributed by atoms with Crippen LogP contribution in [-0.4, -0.2) is 5.11 Å². The van der Waals surface area contributed by atoms with Gasteiger partial charge in [0.25, 0.3) is 0 Å². The molecule has 0 aromatic heterocycles. The second kappa shape index (κ2) is 8.54. The highest BCUT2D eigenvalue weighted by molar-refractivity contribution is 4.70. The maximum Gasteiger partial charge on any atom is 0.0751 e. The Labute approximate surface area is 63.8 Å². The largest absolute Gasteiger partial charge is 0.516 e. The zero-order chi connectivity index (χ0) is 7.66. The van der Waals surface area contributed by atoms with Crippen molar-refractivity contribution in [3.63, 3.8) is 0 Å². The number of unbranched alkanes of at least 4 members (excludes halogenated alkanes) is 5. The lowest BCUT2D eigenvalue weighted by molar-refractivity contribution is 0.469. The summed E-state index contributed by atoms with van der Waals surface area (Å²) in [5.74, 6) is 0. The van der Waals surface area contributed by atoms with E-state index >= 15 is 0 Å². The van der Waals surface area contributed by atoms with Gasteiger partial charge >= 0.3 is 0 Å². The van der Waals surface area contributed by atoms with Gasteiger partial charge in [-0.15, -0.1) is 0 Å². The van der Waals surface area contributed by atoms with Gasteiger partial charge in [0.2, 0.25) is 0 Å². The van der Waals surface area contributed by atoms with Crippen molar-refractivity contribution in [2.45, 2.75) is 45.4 Å². The normalized spacial score (nSPS) is 10.9. The lowest BCUT2D eigenvalue weighted by Crippen LogP contribution is -1.75. The van der Waals surface area contributed by atoms with Crippen LogP contribution in [0.3, 0.4) is 0 Å². The fourth-order valence-electron chi connectivity index (χ4n) is 0.940. The van der Waals surface area contributed by atoms with Crippen molar-refractivity contribution in [3.8, 4) is 0 Å². The molecule has 0 spiro atoms. The van der Waals surface area contributed by atoms with Crippen molar-refractivity contribution >= 4 is 0 Å². The zero-order valence-electron chi connectivity index (χ0n) is 6.84. The molecule has 0 radical (unpaired) electrons. The number of hydrogen-bond donors (Lipinski definition) is 1. The van der Waals surface area contributed by atoms with E-state index in [9.17, 15) is 0 Å². The molecule has 0 fully saturated rings. The third-order valence-electron chi connectivity index (χ3n) is 1.58. The maximum atomic E-state index is 8.29. The maximum absolute atomic E-state index is 8.29. The monoisotopic (exact) mass is 142 g/mol. The van der Waals surface area contributed by atoms with Crippen LogP contribution in [0.4, 0.5) is 0 Å². The molecule has 0 rings (SSSR count). The third kappa shape index (κ3) is 7.54. The Balaban J connectivity index is 2.77. The summed E-state index contributed by atoms with van der Waals surface area (Å²) in [6.07, 6.45) is 10.5. The van der Waals surface area contributed by atoms with E-state index in [1.54, 1.807) is 0 Å². The lowest BCUT2D eigenvalue weighted by Gasteiger charge is -1.94. The Kier molecular flexibility index (Phi) is 8.15. The van der Waals surface area contributed by atoms with E-state index in [1.807, 2.05) is 6.08 Å². The molecule has 0 heterocycles. The Morgan fingerprint density at radius 1 is 1.10 bits per heavy atom. The predicted molar refractivity (Wildman–Crippen MR) is 45.1 cm³/mol. The fourth-order valence-corrected chi connectivity index (χ4v) is 0.940. The summed E-state index contributed by atoms with van der Waals surface area (Å²) in [6, 6.07) is 0. The molecular weight excluding hydrogens is 124 g/mol. The van der Waals surface area contributed by atoms with Crippen molar-refractivity contribution in [1.82, 2.24) is 0 Å². The smallest absolute Gasteiger partial charge is 0.0751 e. The molecule has 0 unspecified atom stereocenters. The molecule has 0 aromatic rings. The molecule has 0 atom stereocenters. The van der Waals surface area contributed by atoms with E-state index in [0.717, 1.165) is 12.7 Å². The van der Waals surface area contributed by atoms with Crippen LogP contribution in [0.15, 0.2) is 12.3 Å². The minimum atomic E-state index is 1.03. The van der Waals surface area contributed by atoms with E-state index < -0.39 is 0 Å². The van der Waals surface area contributed by atoms with Gasteiger partial charge in [-0.1, -0.05) is 38.7 Å². The van der Waals surface area contributed by atoms with E-state index in [0.29, 0.717) is 0 Å². The average molecular weight is 142 g/mol.